The van der Waals surface area contributed by atoms with Crippen LogP contribution in [-0.4, -0.2) is 0 Å². The van der Waals surface area contributed by atoms with Gasteiger partial charge in [-0.2, -0.15) is 10.5 Å². The molecule has 2 aromatic rings. The standard InChI is InChI=1S/C21H22N2/c1-14(2)18-7-5-16(6-8-18)9-17-10-19(12-22)21(15(3)4)20(11-17)13-23/h5-8,10-11,14-15H,9H2,1-4H3. The highest BCUT2D eigenvalue weighted by atomic mass is 14.3. The molecule has 0 atom stereocenters. The predicted octanol–water partition coefficient (Wildman–Crippen LogP) is 5.27. The van der Waals surface area contributed by atoms with E-state index in [9.17, 15) is 10.5 Å². The average molecular weight is 302 g/mol. The summed E-state index contributed by atoms with van der Waals surface area (Å²) in [6, 6.07) is 16.9. The van der Waals surface area contributed by atoms with Crippen molar-refractivity contribution in [2.75, 3.05) is 0 Å². The Balaban J connectivity index is 2.38. The van der Waals surface area contributed by atoms with Gasteiger partial charge in [0.1, 0.15) is 0 Å². The van der Waals surface area contributed by atoms with Crippen molar-refractivity contribution >= 4 is 0 Å². The smallest absolute Gasteiger partial charge is 0.0995 e. The quantitative estimate of drug-likeness (QED) is 0.772. The van der Waals surface area contributed by atoms with Crippen LogP contribution >= 0.6 is 0 Å². The maximum atomic E-state index is 9.42. The van der Waals surface area contributed by atoms with Gasteiger partial charge < -0.3 is 0 Å². The molecular weight excluding hydrogens is 280 g/mol. The van der Waals surface area contributed by atoms with Gasteiger partial charge in [0, 0.05) is 0 Å². The van der Waals surface area contributed by atoms with Crippen LogP contribution in [0.1, 0.15) is 72.9 Å². The van der Waals surface area contributed by atoms with E-state index < -0.39 is 0 Å². The van der Waals surface area contributed by atoms with E-state index >= 15 is 0 Å². The molecule has 0 aromatic heterocycles. The maximum Gasteiger partial charge on any atom is 0.0995 e. The van der Waals surface area contributed by atoms with Crippen molar-refractivity contribution in [3.05, 3.63) is 69.8 Å². The monoisotopic (exact) mass is 302 g/mol. The minimum Gasteiger partial charge on any atom is -0.192 e. The third kappa shape index (κ3) is 3.79. The molecule has 0 aliphatic rings. The largest absolute Gasteiger partial charge is 0.192 e. The summed E-state index contributed by atoms with van der Waals surface area (Å²) in [7, 11) is 0. The molecule has 0 bridgehead atoms. The molecule has 0 N–H and O–H groups in total. The van der Waals surface area contributed by atoms with Gasteiger partial charge in [-0.1, -0.05) is 52.0 Å². The molecule has 0 spiro atoms. The van der Waals surface area contributed by atoms with Crippen molar-refractivity contribution in [2.45, 2.75) is 46.0 Å². The Labute approximate surface area is 139 Å². The van der Waals surface area contributed by atoms with E-state index in [0.717, 1.165) is 17.5 Å². The minimum absolute atomic E-state index is 0.165. The van der Waals surface area contributed by atoms with E-state index in [1.807, 2.05) is 26.0 Å². The zero-order valence-electron chi connectivity index (χ0n) is 14.2. The van der Waals surface area contributed by atoms with Crippen molar-refractivity contribution < 1.29 is 0 Å². The number of hydrogen-bond acceptors (Lipinski definition) is 2. The van der Waals surface area contributed by atoms with E-state index in [0.29, 0.717) is 17.0 Å². The second-order valence-electron chi connectivity index (χ2n) is 6.56. The summed E-state index contributed by atoms with van der Waals surface area (Å²) >= 11 is 0. The molecular formula is C21H22N2. The van der Waals surface area contributed by atoms with Crippen LogP contribution in [0.3, 0.4) is 0 Å². The highest BCUT2D eigenvalue weighted by Gasteiger charge is 2.14. The van der Waals surface area contributed by atoms with Crippen LogP contribution in [0.5, 0.6) is 0 Å². The van der Waals surface area contributed by atoms with Gasteiger partial charge in [-0.05, 0) is 52.6 Å². The highest BCUT2D eigenvalue weighted by molar-refractivity contribution is 5.53. The van der Waals surface area contributed by atoms with Crippen LogP contribution in [0.25, 0.3) is 0 Å². The molecule has 0 unspecified atom stereocenters. The Morgan fingerprint density at radius 2 is 1.30 bits per heavy atom. The van der Waals surface area contributed by atoms with Gasteiger partial charge in [-0.15, -0.1) is 0 Å². The maximum absolute atomic E-state index is 9.42. The molecule has 0 saturated carbocycles. The first-order valence-electron chi connectivity index (χ1n) is 8.02. The third-order valence-electron chi connectivity index (χ3n) is 4.11. The van der Waals surface area contributed by atoms with E-state index in [4.69, 9.17) is 0 Å². The van der Waals surface area contributed by atoms with Gasteiger partial charge in [-0.3, -0.25) is 0 Å². The summed E-state index contributed by atoms with van der Waals surface area (Å²) in [5.74, 6) is 0.684. The molecule has 2 rings (SSSR count). The van der Waals surface area contributed by atoms with Crippen LogP contribution in [0.2, 0.25) is 0 Å². The summed E-state index contributed by atoms with van der Waals surface area (Å²) in [6.07, 6.45) is 0.736. The van der Waals surface area contributed by atoms with E-state index in [1.54, 1.807) is 0 Å². The molecule has 2 heteroatoms. The molecule has 0 fully saturated rings. The Kier molecular flexibility index (Phi) is 5.20. The lowest BCUT2D eigenvalue weighted by Gasteiger charge is -2.13. The Bertz CT molecular complexity index is 734. The van der Waals surface area contributed by atoms with Gasteiger partial charge in [-0.25, -0.2) is 0 Å². The SMILES string of the molecule is CC(C)c1ccc(Cc2cc(C#N)c(C(C)C)c(C#N)c2)cc1. The van der Waals surface area contributed by atoms with Gasteiger partial charge in [0.25, 0.3) is 0 Å². The predicted molar refractivity (Wildman–Crippen MR) is 93.3 cm³/mol. The average Bonchev–Trinajstić information content (AvgIpc) is 2.54. The molecule has 0 aliphatic carbocycles. The first kappa shape index (κ1) is 16.8. The van der Waals surface area contributed by atoms with Crippen molar-refractivity contribution in [2.24, 2.45) is 0 Å². The fourth-order valence-electron chi connectivity index (χ4n) is 2.88. The normalized spacial score (nSPS) is 10.6. The fraction of sp³-hybridized carbons (Fsp3) is 0.333. The Morgan fingerprint density at radius 3 is 1.70 bits per heavy atom. The number of nitriles is 2. The van der Waals surface area contributed by atoms with Gasteiger partial charge in [0.15, 0.2) is 0 Å². The van der Waals surface area contributed by atoms with Crippen LogP contribution in [0.4, 0.5) is 0 Å². The summed E-state index contributed by atoms with van der Waals surface area (Å²) in [4.78, 5) is 0. The fourth-order valence-corrected chi connectivity index (χ4v) is 2.88. The minimum atomic E-state index is 0.165. The zero-order chi connectivity index (χ0) is 17.0. The van der Waals surface area contributed by atoms with Crippen molar-refractivity contribution in [1.29, 1.82) is 10.5 Å². The summed E-state index contributed by atoms with van der Waals surface area (Å²) in [5, 5.41) is 18.8. The molecule has 2 nitrogen and oxygen atoms in total. The van der Waals surface area contributed by atoms with Gasteiger partial charge >= 0.3 is 0 Å². The van der Waals surface area contributed by atoms with E-state index in [1.165, 1.54) is 11.1 Å². The molecule has 23 heavy (non-hydrogen) atoms. The Hall–Kier alpha value is -2.58. The second kappa shape index (κ2) is 7.12. The van der Waals surface area contributed by atoms with Crippen molar-refractivity contribution in [3.63, 3.8) is 0 Å². The lowest BCUT2D eigenvalue weighted by atomic mass is 9.89. The number of hydrogen-bond donors (Lipinski definition) is 0. The van der Waals surface area contributed by atoms with Crippen molar-refractivity contribution in [1.82, 2.24) is 0 Å². The van der Waals surface area contributed by atoms with E-state index in [2.05, 4.69) is 50.3 Å². The van der Waals surface area contributed by atoms with Crippen LogP contribution in [0.15, 0.2) is 36.4 Å². The lowest BCUT2D eigenvalue weighted by molar-refractivity contribution is 0.856. The molecule has 0 aliphatic heterocycles. The summed E-state index contributed by atoms with van der Waals surface area (Å²) in [5.41, 5.74) is 5.62. The Morgan fingerprint density at radius 1 is 0.783 bits per heavy atom. The molecule has 0 radical (unpaired) electrons. The molecule has 0 amide bonds. The highest BCUT2D eigenvalue weighted by Crippen LogP contribution is 2.26. The second-order valence-corrected chi connectivity index (χ2v) is 6.56. The first-order valence-corrected chi connectivity index (χ1v) is 8.02. The zero-order valence-corrected chi connectivity index (χ0v) is 14.2. The topological polar surface area (TPSA) is 47.6 Å². The molecule has 2 aromatic carbocycles. The summed E-state index contributed by atoms with van der Waals surface area (Å²) < 4.78 is 0. The third-order valence-corrected chi connectivity index (χ3v) is 4.11. The molecule has 0 saturated heterocycles. The first-order chi connectivity index (χ1) is 11.0. The molecule has 0 heterocycles. The number of rotatable bonds is 4. The molecule has 116 valence electrons. The van der Waals surface area contributed by atoms with Crippen molar-refractivity contribution in [3.8, 4) is 12.1 Å². The summed E-state index contributed by atoms with van der Waals surface area (Å²) in [6.45, 7) is 8.39. The van der Waals surface area contributed by atoms with Gasteiger partial charge in [0.05, 0.1) is 23.3 Å². The lowest BCUT2D eigenvalue weighted by Crippen LogP contribution is -2.01. The van der Waals surface area contributed by atoms with E-state index in [-0.39, 0.29) is 5.92 Å². The van der Waals surface area contributed by atoms with Gasteiger partial charge in [0.2, 0.25) is 0 Å². The number of benzene rings is 2. The van der Waals surface area contributed by atoms with Crippen LogP contribution < -0.4 is 0 Å². The van der Waals surface area contributed by atoms with Crippen LogP contribution in [0, 0.1) is 22.7 Å². The van der Waals surface area contributed by atoms with Crippen LogP contribution in [-0.2, 0) is 6.42 Å². The number of nitrogens with zero attached hydrogens (tertiary/aromatic N) is 2.